The molecule has 0 radical (unpaired) electrons. The van der Waals surface area contributed by atoms with Crippen molar-refractivity contribution in [3.63, 3.8) is 0 Å². The lowest BCUT2D eigenvalue weighted by molar-refractivity contribution is 1.48. The highest BCUT2D eigenvalue weighted by Crippen LogP contribution is 2.42. The minimum absolute atomic E-state index is 0.953. The van der Waals surface area contributed by atoms with E-state index in [4.69, 9.17) is 0 Å². The quantitative estimate of drug-likeness (QED) is 0.514. The standard InChI is InChI=1S/C12H6N4S4/c1-3-7-11(15-19-13-7)9(5-1)17-18-10-6-2-4-8-12(10)16-20-14-8/h1-6H. The highest BCUT2D eigenvalue weighted by molar-refractivity contribution is 8.76. The molecule has 0 aliphatic heterocycles. The van der Waals surface area contributed by atoms with Crippen LogP contribution in [0.1, 0.15) is 0 Å². The van der Waals surface area contributed by atoms with Gasteiger partial charge in [0.1, 0.15) is 22.1 Å². The summed E-state index contributed by atoms with van der Waals surface area (Å²) < 4.78 is 17.2. The zero-order chi connectivity index (χ0) is 13.4. The molecule has 0 aliphatic rings. The molecule has 0 amide bonds. The van der Waals surface area contributed by atoms with Gasteiger partial charge in [-0.25, -0.2) is 0 Å². The van der Waals surface area contributed by atoms with E-state index in [-0.39, 0.29) is 0 Å². The van der Waals surface area contributed by atoms with Gasteiger partial charge in [0, 0.05) is 9.79 Å². The van der Waals surface area contributed by atoms with E-state index in [1.807, 2.05) is 24.3 Å². The van der Waals surface area contributed by atoms with E-state index in [1.165, 1.54) is 23.5 Å². The smallest absolute Gasteiger partial charge is 0.119 e. The molecule has 2 heterocycles. The molecule has 0 spiro atoms. The van der Waals surface area contributed by atoms with Crippen molar-refractivity contribution >= 4 is 67.1 Å². The van der Waals surface area contributed by atoms with Gasteiger partial charge in [-0.3, -0.25) is 0 Å². The first kappa shape index (κ1) is 12.5. The SMILES string of the molecule is c1cc(SSc2cccc3nsnc23)c2nsnc2c1. The van der Waals surface area contributed by atoms with E-state index >= 15 is 0 Å². The summed E-state index contributed by atoms with van der Waals surface area (Å²) >= 11 is 2.50. The van der Waals surface area contributed by atoms with E-state index in [1.54, 1.807) is 21.6 Å². The van der Waals surface area contributed by atoms with Crippen LogP contribution in [0, 0.1) is 0 Å². The maximum absolute atomic E-state index is 4.35. The Morgan fingerprint density at radius 1 is 0.650 bits per heavy atom. The van der Waals surface area contributed by atoms with E-state index in [9.17, 15) is 0 Å². The first-order chi connectivity index (χ1) is 9.92. The Bertz CT molecular complexity index is 811. The molecule has 2 aromatic heterocycles. The average Bonchev–Trinajstić information content (AvgIpc) is 3.13. The zero-order valence-corrected chi connectivity index (χ0v) is 13.2. The van der Waals surface area contributed by atoms with Gasteiger partial charge < -0.3 is 0 Å². The van der Waals surface area contributed by atoms with Crippen LogP contribution in [0.5, 0.6) is 0 Å². The number of benzene rings is 2. The van der Waals surface area contributed by atoms with Crippen molar-refractivity contribution in [3.05, 3.63) is 36.4 Å². The third kappa shape index (κ3) is 2.18. The summed E-state index contributed by atoms with van der Waals surface area (Å²) in [6.07, 6.45) is 0. The van der Waals surface area contributed by atoms with Gasteiger partial charge in [0.25, 0.3) is 0 Å². The molecule has 2 aromatic carbocycles. The molecular weight excluding hydrogens is 328 g/mol. The van der Waals surface area contributed by atoms with E-state index in [0.717, 1.165) is 31.9 Å². The summed E-state index contributed by atoms with van der Waals surface area (Å²) in [5.41, 5.74) is 3.85. The number of aromatic nitrogens is 4. The number of rotatable bonds is 3. The number of nitrogens with zero attached hydrogens (tertiary/aromatic N) is 4. The van der Waals surface area contributed by atoms with Crippen molar-refractivity contribution in [1.29, 1.82) is 0 Å². The molecule has 0 aliphatic carbocycles. The van der Waals surface area contributed by atoms with Crippen molar-refractivity contribution < 1.29 is 0 Å². The summed E-state index contributed by atoms with van der Waals surface area (Å²) in [5, 5.41) is 0. The third-order valence-electron chi connectivity index (χ3n) is 2.72. The van der Waals surface area contributed by atoms with Crippen LogP contribution in [0.3, 0.4) is 0 Å². The Kier molecular flexibility index (Phi) is 3.31. The lowest BCUT2D eigenvalue weighted by Crippen LogP contribution is -1.76. The van der Waals surface area contributed by atoms with Crippen LogP contribution in [-0.2, 0) is 0 Å². The largest absolute Gasteiger partial charge is 0.173 e. The molecule has 0 saturated carbocycles. The number of hydrogen-bond donors (Lipinski definition) is 0. The van der Waals surface area contributed by atoms with Gasteiger partial charge in [0.05, 0.1) is 23.5 Å². The Morgan fingerprint density at radius 2 is 1.15 bits per heavy atom. The van der Waals surface area contributed by atoms with Crippen LogP contribution in [0.4, 0.5) is 0 Å². The molecule has 4 nitrogen and oxygen atoms in total. The van der Waals surface area contributed by atoms with Gasteiger partial charge in [0.15, 0.2) is 0 Å². The van der Waals surface area contributed by atoms with Gasteiger partial charge in [-0.05, 0) is 24.3 Å². The molecule has 98 valence electrons. The molecule has 0 fully saturated rings. The maximum Gasteiger partial charge on any atom is 0.119 e. The Labute approximate surface area is 130 Å². The summed E-state index contributed by atoms with van der Waals surface area (Å²) in [6, 6.07) is 12.1. The molecule has 0 unspecified atom stereocenters. The van der Waals surface area contributed by atoms with Crippen molar-refractivity contribution in [3.8, 4) is 0 Å². The van der Waals surface area contributed by atoms with Crippen LogP contribution in [0.2, 0.25) is 0 Å². The van der Waals surface area contributed by atoms with Gasteiger partial charge in [-0.2, -0.15) is 17.5 Å². The van der Waals surface area contributed by atoms with Gasteiger partial charge in [0.2, 0.25) is 0 Å². The molecule has 0 N–H and O–H groups in total. The van der Waals surface area contributed by atoms with Crippen molar-refractivity contribution in [2.24, 2.45) is 0 Å². The lowest BCUT2D eigenvalue weighted by Gasteiger charge is -2.02. The summed E-state index contributed by atoms with van der Waals surface area (Å²) in [7, 11) is 3.37. The van der Waals surface area contributed by atoms with Crippen LogP contribution < -0.4 is 0 Å². The normalized spacial score (nSPS) is 11.4. The summed E-state index contributed by atoms with van der Waals surface area (Å²) in [6.45, 7) is 0. The van der Waals surface area contributed by atoms with Crippen LogP contribution in [0.25, 0.3) is 22.1 Å². The fourth-order valence-corrected chi connectivity index (χ4v) is 5.25. The van der Waals surface area contributed by atoms with E-state index in [0.29, 0.717) is 0 Å². The van der Waals surface area contributed by atoms with Gasteiger partial charge >= 0.3 is 0 Å². The fraction of sp³-hybridized carbons (Fsp3) is 0. The highest BCUT2D eigenvalue weighted by Gasteiger charge is 2.09. The number of hydrogen-bond acceptors (Lipinski definition) is 8. The van der Waals surface area contributed by atoms with Crippen LogP contribution in [-0.4, -0.2) is 17.5 Å². The van der Waals surface area contributed by atoms with Gasteiger partial charge in [-0.15, -0.1) is 0 Å². The molecule has 0 atom stereocenters. The minimum atomic E-state index is 0.953. The second-order valence-corrected chi connectivity index (χ2v) is 7.21. The monoisotopic (exact) mass is 334 g/mol. The van der Waals surface area contributed by atoms with Crippen molar-refractivity contribution in [2.75, 3.05) is 0 Å². The Balaban J connectivity index is 1.67. The number of fused-ring (bicyclic) bond motifs is 2. The summed E-state index contributed by atoms with van der Waals surface area (Å²) in [4.78, 5) is 2.25. The predicted molar refractivity (Wildman–Crippen MR) is 86.5 cm³/mol. The molecule has 4 aromatic rings. The highest BCUT2D eigenvalue weighted by atomic mass is 33.1. The first-order valence-corrected chi connectivity index (χ1v) is 9.30. The molecule has 4 rings (SSSR count). The minimum Gasteiger partial charge on any atom is -0.173 e. The molecular formula is C12H6N4S4. The molecule has 0 saturated heterocycles. The molecule has 0 bridgehead atoms. The second kappa shape index (κ2) is 5.28. The molecule has 20 heavy (non-hydrogen) atoms. The average molecular weight is 334 g/mol. The van der Waals surface area contributed by atoms with Crippen molar-refractivity contribution in [1.82, 2.24) is 17.5 Å². The topological polar surface area (TPSA) is 51.6 Å². The zero-order valence-electron chi connectivity index (χ0n) is 9.89. The summed E-state index contributed by atoms with van der Waals surface area (Å²) in [5.74, 6) is 0. The Hall–Kier alpha value is -1.22. The fourth-order valence-electron chi connectivity index (χ4n) is 1.79. The lowest BCUT2D eigenvalue weighted by atomic mass is 10.3. The first-order valence-electron chi connectivity index (χ1n) is 5.69. The van der Waals surface area contributed by atoms with Crippen LogP contribution in [0.15, 0.2) is 46.2 Å². The van der Waals surface area contributed by atoms with Gasteiger partial charge in [-0.1, -0.05) is 33.7 Å². The predicted octanol–water partition coefficient (Wildman–Crippen LogP) is 4.50. The van der Waals surface area contributed by atoms with Crippen LogP contribution >= 0.6 is 45.0 Å². The Morgan fingerprint density at radius 3 is 1.65 bits per heavy atom. The second-order valence-electron chi connectivity index (χ2n) is 3.94. The maximum atomic E-state index is 4.35. The molecule has 8 heteroatoms. The van der Waals surface area contributed by atoms with Crippen molar-refractivity contribution in [2.45, 2.75) is 9.79 Å². The van der Waals surface area contributed by atoms with E-state index in [2.05, 4.69) is 29.6 Å². The third-order valence-corrected chi connectivity index (χ3v) is 6.23. The van der Waals surface area contributed by atoms with E-state index < -0.39 is 0 Å².